The predicted molar refractivity (Wildman–Crippen MR) is 55.8 cm³/mol. The number of hydrogen-bond donors (Lipinski definition) is 0. The number of rotatable bonds is 2. The second-order valence-corrected chi connectivity index (χ2v) is 4.13. The predicted octanol–water partition coefficient (Wildman–Crippen LogP) is 1.88. The molecule has 0 radical (unpaired) electrons. The Kier molecular flexibility index (Phi) is 2.06. The molecule has 1 aromatic carbocycles. The van der Waals surface area contributed by atoms with E-state index < -0.39 is 0 Å². The minimum absolute atomic E-state index is 0.292. The van der Waals surface area contributed by atoms with Crippen molar-refractivity contribution in [2.75, 3.05) is 6.79 Å². The third-order valence-electron chi connectivity index (χ3n) is 3.16. The lowest BCUT2D eigenvalue weighted by atomic mass is 9.98. The number of fused-ring (bicyclic) bond motifs is 1. The summed E-state index contributed by atoms with van der Waals surface area (Å²) in [5.41, 5.74) is 1.72. The Labute approximate surface area is 92.9 Å². The topological polar surface area (TPSA) is 47.9 Å². The number of benzene rings is 1. The molecule has 1 fully saturated rings. The lowest BCUT2D eigenvalue weighted by molar-refractivity contribution is -0.0170. The first-order valence-electron chi connectivity index (χ1n) is 5.28. The SMILES string of the molecule is O=C=NC1(c2cccc3c2COCO3)CC1. The van der Waals surface area contributed by atoms with Gasteiger partial charge in [-0.2, -0.15) is 4.99 Å². The van der Waals surface area contributed by atoms with Gasteiger partial charge in [-0.25, -0.2) is 4.79 Å². The van der Waals surface area contributed by atoms with Crippen molar-refractivity contribution in [2.45, 2.75) is 25.0 Å². The standard InChI is InChI=1S/C12H11NO3/c14-7-13-12(4-5-12)10-2-1-3-11-9(10)6-15-8-16-11/h1-3H,4-6,8H2. The van der Waals surface area contributed by atoms with E-state index >= 15 is 0 Å². The molecule has 82 valence electrons. The second kappa shape index (κ2) is 3.44. The zero-order valence-electron chi connectivity index (χ0n) is 8.73. The van der Waals surface area contributed by atoms with Gasteiger partial charge in [0, 0.05) is 5.56 Å². The zero-order chi connectivity index (χ0) is 11.0. The smallest absolute Gasteiger partial charge is 0.235 e. The van der Waals surface area contributed by atoms with Crippen LogP contribution in [0.2, 0.25) is 0 Å². The lowest BCUT2D eigenvalue weighted by Gasteiger charge is -2.22. The molecule has 0 aromatic heterocycles. The Morgan fingerprint density at radius 2 is 2.25 bits per heavy atom. The maximum atomic E-state index is 10.4. The summed E-state index contributed by atoms with van der Waals surface area (Å²) in [7, 11) is 0. The average molecular weight is 217 g/mol. The van der Waals surface area contributed by atoms with Crippen LogP contribution in [0.3, 0.4) is 0 Å². The number of isocyanates is 1. The fourth-order valence-electron chi connectivity index (χ4n) is 2.18. The monoisotopic (exact) mass is 217 g/mol. The Morgan fingerprint density at radius 3 is 3.00 bits per heavy atom. The quantitative estimate of drug-likeness (QED) is 0.561. The molecule has 1 aliphatic carbocycles. The van der Waals surface area contributed by atoms with Gasteiger partial charge in [0.05, 0.1) is 12.1 Å². The maximum Gasteiger partial charge on any atom is 0.235 e. The third-order valence-corrected chi connectivity index (χ3v) is 3.16. The van der Waals surface area contributed by atoms with Gasteiger partial charge in [-0.1, -0.05) is 12.1 Å². The summed E-state index contributed by atoms with van der Waals surface area (Å²) < 4.78 is 10.7. The molecule has 0 atom stereocenters. The van der Waals surface area contributed by atoms with Crippen LogP contribution in [0, 0.1) is 0 Å². The molecule has 3 rings (SSSR count). The van der Waals surface area contributed by atoms with Crippen LogP contribution >= 0.6 is 0 Å². The van der Waals surface area contributed by atoms with E-state index in [0.717, 1.165) is 29.7 Å². The molecule has 2 aliphatic rings. The van der Waals surface area contributed by atoms with E-state index in [0.29, 0.717) is 13.4 Å². The molecule has 1 saturated carbocycles. The van der Waals surface area contributed by atoms with Crippen molar-refractivity contribution in [2.24, 2.45) is 4.99 Å². The van der Waals surface area contributed by atoms with Gasteiger partial charge >= 0.3 is 0 Å². The van der Waals surface area contributed by atoms with Crippen LogP contribution in [0.1, 0.15) is 24.0 Å². The first-order valence-corrected chi connectivity index (χ1v) is 5.28. The number of hydrogen-bond acceptors (Lipinski definition) is 4. The van der Waals surface area contributed by atoms with E-state index in [4.69, 9.17) is 9.47 Å². The number of carbonyl (C=O) groups excluding carboxylic acids is 1. The average Bonchev–Trinajstić information content (AvgIpc) is 3.10. The molecule has 0 bridgehead atoms. The van der Waals surface area contributed by atoms with Crippen molar-refractivity contribution >= 4 is 6.08 Å². The Balaban J connectivity index is 2.11. The summed E-state index contributed by atoms with van der Waals surface area (Å²) in [6, 6.07) is 5.84. The lowest BCUT2D eigenvalue weighted by Crippen LogP contribution is -2.16. The fourth-order valence-corrected chi connectivity index (χ4v) is 2.18. The Bertz CT molecular complexity index is 473. The minimum Gasteiger partial charge on any atom is -0.467 e. The van der Waals surface area contributed by atoms with Gasteiger partial charge in [0.2, 0.25) is 6.08 Å². The molecular weight excluding hydrogens is 206 g/mol. The summed E-state index contributed by atoms with van der Waals surface area (Å²) in [5, 5.41) is 0. The van der Waals surface area contributed by atoms with Crippen molar-refractivity contribution in [3.8, 4) is 5.75 Å². The number of ether oxygens (including phenoxy) is 2. The van der Waals surface area contributed by atoms with Gasteiger partial charge < -0.3 is 9.47 Å². The van der Waals surface area contributed by atoms with E-state index in [2.05, 4.69) is 4.99 Å². The summed E-state index contributed by atoms with van der Waals surface area (Å²) in [6.45, 7) is 0.821. The van der Waals surface area contributed by atoms with Crippen LogP contribution < -0.4 is 4.74 Å². The highest BCUT2D eigenvalue weighted by Gasteiger charge is 2.46. The largest absolute Gasteiger partial charge is 0.467 e. The summed E-state index contributed by atoms with van der Waals surface area (Å²) in [5.74, 6) is 0.844. The molecular formula is C12H11NO3. The molecule has 4 nitrogen and oxygen atoms in total. The molecule has 1 aromatic rings. The number of aliphatic imine (C=N–C) groups is 1. The van der Waals surface area contributed by atoms with Gasteiger partial charge in [0.1, 0.15) is 5.75 Å². The number of nitrogens with zero attached hydrogens (tertiary/aromatic N) is 1. The molecule has 1 heterocycles. The van der Waals surface area contributed by atoms with Crippen LogP contribution in [-0.2, 0) is 21.7 Å². The van der Waals surface area contributed by atoms with Crippen molar-refractivity contribution in [1.82, 2.24) is 0 Å². The van der Waals surface area contributed by atoms with E-state index in [1.54, 1.807) is 6.08 Å². The minimum atomic E-state index is -0.350. The highest BCUT2D eigenvalue weighted by molar-refractivity contribution is 5.49. The van der Waals surface area contributed by atoms with Crippen LogP contribution in [0.25, 0.3) is 0 Å². The highest BCUT2D eigenvalue weighted by atomic mass is 16.7. The molecule has 0 amide bonds. The summed E-state index contributed by atoms with van der Waals surface area (Å²) >= 11 is 0. The fraction of sp³-hybridized carbons (Fsp3) is 0.417. The first-order chi connectivity index (χ1) is 7.86. The molecule has 4 heteroatoms. The third kappa shape index (κ3) is 1.35. The van der Waals surface area contributed by atoms with Crippen molar-refractivity contribution < 1.29 is 14.3 Å². The summed E-state index contributed by atoms with van der Waals surface area (Å²) in [6.07, 6.45) is 3.47. The van der Waals surface area contributed by atoms with Crippen molar-refractivity contribution in [1.29, 1.82) is 0 Å². The molecule has 0 saturated heterocycles. The van der Waals surface area contributed by atoms with Crippen LogP contribution in [0.5, 0.6) is 5.75 Å². The van der Waals surface area contributed by atoms with E-state index in [-0.39, 0.29) is 5.54 Å². The normalized spacial score (nSPS) is 20.2. The van der Waals surface area contributed by atoms with Crippen LogP contribution in [0.4, 0.5) is 0 Å². The van der Waals surface area contributed by atoms with Crippen molar-refractivity contribution in [3.05, 3.63) is 29.3 Å². The highest BCUT2D eigenvalue weighted by Crippen LogP contribution is 2.51. The zero-order valence-corrected chi connectivity index (χ0v) is 8.73. The van der Waals surface area contributed by atoms with Gasteiger partial charge in [-0.3, -0.25) is 0 Å². The van der Waals surface area contributed by atoms with E-state index in [9.17, 15) is 4.79 Å². The summed E-state index contributed by atoms with van der Waals surface area (Å²) in [4.78, 5) is 14.4. The van der Waals surface area contributed by atoms with Crippen molar-refractivity contribution in [3.63, 3.8) is 0 Å². The molecule has 0 unspecified atom stereocenters. The van der Waals surface area contributed by atoms with Gasteiger partial charge in [-0.15, -0.1) is 0 Å². The second-order valence-electron chi connectivity index (χ2n) is 4.13. The van der Waals surface area contributed by atoms with Crippen LogP contribution in [0.15, 0.2) is 23.2 Å². The molecule has 16 heavy (non-hydrogen) atoms. The van der Waals surface area contributed by atoms with Gasteiger partial charge in [0.25, 0.3) is 0 Å². The molecule has 0 N–H and O–H groups in total. The Morgan fingerprint density at radius 1 is 1.38 bits per heavy atom. The Hall–Kier alpha value is -1.64. The maximum absolute atomic E-state index is 10.4. The van der Waals surface area contributed by atoms with E-state index in [1.807, 2.05) is 18.2 Å². The van der Waals surface area contributed by atoms with Gasteiger partial charge in [-0.05, 0) is 24.5 Å². The van der Waals surface area contributed by atoms with E-state index in [1.165, 1.54) is 0 Å². The van der Waals surface area contributed by atoms with Gasteiger partial charge in [0.15, 0.2) is 6.79 Å². The molecule has 1 aliphatic heterocycles. The molecule has 0 spiro atoms. The first kappa shape index (κ1) is 9.58. The van der Waals surface area contributed by atoms with Crippen LogP contribution in [-0.4, -0.2) is 12.9 Å².